The van der Waals surface area contributed by atoms with E-state index in [1.165, 1.54) is 4.90 Å². The highest BCUT2D eigenvalue weighted by atomic mass is 35.5. The summed E-state index contributed by atoms with van der Waals surface area (Å²) in [5.74, 6) is -0.0455. The smallest absolute Gasteiger partial charge is 0.233 e. The molecule has 1 aliphatic heterocycles. The first-order valence-electron chi connectivity index (χ1n) is 8.56. The first-order chi connectivity index (χ1) is 12.0. The van der Waals surface area contributed by atoms with Crippen molar-refractivity contribution in [3.8, 4) is 0 Å². The molecule has 132 valence electrons. The standard InChI is InChI=1S/C18H18Cl2N2O3/c19-11-3-4-12(20)13(8-11)21-14(23)5-6-22-17(24)15-9-1-2-10(7-9)16(15)18(22)25/h3-4,8-10,15-16H,1-2,5-7H2,(H,21,23)/t9-,10-,15-,16+/m1/s1. The first kappa shape index (κ1) is 16.9. The van der Waals surface area contributed by atoms with Crippen molar-refractivity contribution < 1.29 is 14.4 Å². The van der Waals surface area contributed by atoms with Gasteiger partial charge in [0.1, 0.15) is 0 Å². The largest absolute Gasteiger partial charge is 0.325 e. The number of imide groups is 1. The van der Waals surface area contributed by atoms with Gasteiger partial charge in [0.2, 0.25) is 17.7 Å². The lowest BCUT2D eigenvalue weighted by Crippen LogP contribution is -2.35. The maximum absolute atomic E-state index is 12.6. The summed E-state index contributed by atoms with van der Waals surface area (Å²) in [6, 6.07) is 4.80. The van der Waals surface area contributed by atoms with Gasteiger partial charge in [-0.3, -0.25) is 19.3 Å². The number of hydrogen-bond donors (Lipinski definition) is 1. The van der Waals surface area contributed by atoms with Gasteiger partial charge in [0.25, 0.3) is 0 Å². The Balaban J connectivity index is 1.38. The van der Waals surface area contributed by atoms with E-state index in [-0.39, 0.29) is 42.5 Å². The minimum atomic E-state index is -0.301. The number of amides is 3. The van der Waals surface area contributed by atoms with E-state index in [4.69, 9.17) is 23.2 Å². The average Bonchev–Trinajstić information content (AvgIpc) is 3.24. The molecule has 5 nitrogen and oxygen atoms in total. The Morgan fingerprint density at radius 1 is 1.12 bits per heavy atom. The van der Waals surface area contributed by atoms with Gasteiger partial charge in [-0.05, 0) is 49.3 Å². The van der Waals surface area contributed by atoms with Crippen molar-refractivity contribution >= 4 is 46.6 Å². The van der Waals surface area contributed by atoms with Crippen LogP contribution in [0.25, 0.3) is 0 Å². The Morgan fingerprint density at radius 2 is 1.76 bits per heavy atom. The number of carbonyl (C=O) groups excluding carboxylic acids is 3. The minimum absolute atomic E-state index is 0.0507. The van der Waals surface area contributed by atoms with E-state index in [0.29, 0.717) is 27.6 Å². The Kier molecular flexibility index (Phi) is 4.24. The van der Waals surface area contributed by atoms with E-state index in [0.717, 1.165) is 19.3 Å². The number of likely N-dealkylation sites (tertiary alicyclic amines) is 1. The topological polar surface area (TPSA) is 66.5 Å². The van der Waals surface area contributed by atoms with Gasteiger partial charge in [-0.15, -0.1) is 0 Å². The molecule has 4 rings (SSSR count). The molecule has 3 fully saturated rings. The molecular weight excluding hydrogens is 363 g/mol. The summed E-state index contributed by atoms with van der Waals surface area (Å²) in [5.41, 5.74) is 0.424. The molecule has 1 aromatic rings. The SMILES string of the molecule is O=C(CCN1C(=O)[C@@H]2[C@@H]3CC[C@H](C3)[C@@H]2C1=O)Nc1cc(Cl)ccc1Cl. The third-order valence-corrected chi connectivity index (χ3v) is 6.35. The maximum atomic E-state index is 12.6. The van der Waals surface area contributed by atoms with Crippen molar-refractivity contribution in [3.63, 3.8) is 0 Å². The van der Waals surface area contributed by atoms with Crippen LogP contribution in [0.1, 0.15) is 25.7 Å². The molecule has 25 heavy (non-hydrogen) atoms. The number of nitrogens with zero attached hydrogens (tertiary/aromatic N) is 1. The Bertz CT molecular complexity index is 739. The monoisotopic (exact) mass is 380 g/mol. The van der Waals surface area contributed by atoms with Crippen LogP contribution in [0.5, 0.6) is 0 Å². The van der Waals surface area contributed by atoms with E-state index in [9.17, 15) is 14.4 Å². The van der Waals surface area contributed by atoms with E-state index in [1.807, 2.05) is 0 Å². The van der Waals surface area contributed by atoms with Gasteiger partial charge in [0, 0.05) is 18.0 Å². The van der Waals surface area contributed by atoms with Crippen LogP contribution < -0.4 is 5.32 Å². The number of hydrogen-bond acceptors (Lipinski definition) is 3. The fourth-order valence-electron chi connectivity index (χ4n) is 4.71. The van der Waals surface area contributed by atoms with Crippen LogP contribution in [0.4, 0.5) is 5.69 Å². The lowest BCUT2D eigenvalue weighted by Gasteiger charge is -2.19. The van der Waals surface area contributed by atoms with Crippen molar-refractivity contribution in [2.24, 2.45) is 23.7 Å². The summed E-state index contributed by atoms with van der Waals surface area (Å²) in [6.07, 6.45) is 3.16. The van der Waals surface area contributed by atoms with Gasteiger partial charge >= 0.3 is 0 Å². The zero-order valence-corrected chi connectivity index (χ0v) is 15.0. The van der Waals surface area contributed by atoms with Gasteiger partial charge < -0.3 is 5.32 Å². The fraction of sp³-hybridized carbons (Fsp3) is 0.500. The number of carbonyl (C=O) groups is 3. The van der Waals surface area contributed by atoms with Crippen LogP contribution in [-0.4, -0.2) is 29.2 Å². The molecular formula is C18H18Cl2N2O3. The number of benzene rings is 1. The summed E-state index contributed by atoms with van der Waals surface area (Å²) in [6.45, 7) is 0.119. The Hall–Kier alpha value is -1.59. The van der Waals surface area contributed by atoms with E-state index >= 15 is 0 Å². The van der Waals surface area contributed by atoms with Gasteiger partial charge in [0.15, 0.2) is 0 Å². The van der Waals surface area contributed by atoms with Crippen molar-refractivity contribution in [1.29, 1.82) is 0 Å². The molecule has 1 heterocycles. The number of nitrogens with one attached hydrogen (secondary N) is 1. The molecule has 1 aromatic carbocycles. The second-order valence-electron chi connectivity index (χ2n) is 7.14. The highest BCUT2D eigenvalue weighted by molar-refractivity contribution is 6.35. The molecule has 2 bridgehead atoms. The molecule has 3 aliphatic rings. The molecule has 1 saturated heterocycles. The molecule has 0 radical (unpaired) electrons. The molecule has 2 saturated carbocycles. The second-order valence-corrected chi connectivity index (χ2v) is 7.98. The molecule has 0 spiro atoms. The average molecular weight is 381 g/mol. The van der Waals surface area contributed by atoms with Gasteiger partial charge in [0.05, 0.1) is 22.5 Å². The van der Waals surface area contributed by atoms with E-state index in [2.05, 4.69) is 5.32 Å². The number of anilines is 1. The van der Waals surface area contributed by atoms with Crippen LogP contribution in [0.15, 0.2) is 18.2 Å². The lowest BCUT2D eigenvalue weighted by molar-refractivity contribution is -0.140. The second kappa shape index (κ2) is 6.29. The van der Waals surface area contributed by atoms with Crippen molar-refractivity contribution in [2.45, 2.75) is 25.7 Å². The number of fused-ring (bicyclic) bond motifs is 5. The zero-order chi connectivity index (χ0) is 17.7. The molecule has 1 N–H and O–H groups in total. The van der Waals surface area contributed by atoms with Gasteiger partial charge in [-0.1, -0.05) is 23.2 Å². The minimum Gasteiger partial charge on any atom is -0.325 e. The van der Waals surface area contributed by atoms with Crippen LogP contribution >= 0.6 is 23.2 Å². The normalized spacial score (nSPS) is 30.1. The summed E-state index contributed by atoms with van der Waals surface area (Å²) in [4.78, 5) is 38.6. The van der Waals surface area contributed by atoms with E-state index < -0.39 is 0 Å². The van der Waals surface area contributed by atoms with Crippen LogP contribution in [-0.2, 0) is 14.4 Å². The molecule has 4 atom stereocenters. The maximum Gasteiger partial charge on any atom is 0.233 e. The molecule has 0 unspecified atom stereocenters. The number of rotatable bonds is 4. The zero-order valence-electron chi connectivity index (χ0n) is 13.5. The lowest BCUT2D eigenvalue weighted by atomic mass is 9.81. The highest BCUT2D eigenvalue weighted by Crippen LogP contribution is 2.56. The van der Waals surface area contributed by atoms with Crippen molar-refractivity contribution in [1.82, 2.24) is 4.90 Å². The Labute approximate surface area is 155 Å². The van der Waals surface area contributed by atoms with Gasteiger partial charge in [-0.25, -0.2) is 0 Å². The summed E-state index contributed by atoms with van der Waals surface area (Å²) < 4.78 is 0. The van der Waals surface area contributed by atoms with Crippen molar-refractivity contribution in [3.05, 3.63) is 28.2 Å². The predicted octanol–water partition coefficient (Wildman–Crippen LogP) is 3.35. The molecule has 7 heteroatoms. The third kappa shape index (κ3) is 2.83. The number of halogens is 2. The van der Waals surface area contributed by atoms with Crippen LogP contribution in [0.2, 0.25) is 10.0 Å². The summed E-state index contributed by atoms with van der Waals surface area (Å²) >= 11 is 11.9. The molecule has 2 aliphatic carbocycles. The molecule has 3 amide bonds. The summed E-state index contributed by atoms with van der Waals surface area (Å²) in [7, 11) is 0. The highest BCUT2D eigenvalue weighted by Gasteiger charge is 2.60. The third-order valence-electron chi connectivity index (χ3n) is 5.78. The Morgan fingerprint density at radius 3 is 2.40 bits per heavy atom. The predicted molar refractivity (Wildman–Crippen MR) is 94.2 cm³/mol. The quantitative estimate of drug-likeness (QED) is 0.814. The van der Waals surface area contributed by atoms with E-state index in [1.54, 1.807) is 18.2 Å². The van der Waals surface area contributed by atoms with Crippen LogP contribution in [0, 0.1) is 23.7 Å². The van der Waals surface area contributed by atoms with Gasteiger partial charge in [-0.2, -0.15) is 0 Å². The molecule has 0 aromatic heterocycles. The first-order valence-corrected chi connectivity index (χ1v) is 9.31. The fourth-order valence-corrected chi connectivity index (χ4v) is 5.05. The van der Waals surface area contributed by atoms with Crippen molar-refractivity contribution in [2.75, 3.05) is 11.9 Å². The van der Waals surface area contributed by atoms with Crippen LogP contribution in [0.3, 0.4) is 0 Å². The summed E-state index contributed by atoms with van der Waals surface area (Å²) in [5, 5.41) is 3.53.